The Morgan fingerprint density at radius 2 is 1.39 bits per heavy atom. The fourth-order valence-electron chi connectivity index (χ4n) is 4.16. The lowest BCUT2D eigenvalue weighted by molar-refractivity contribution is -0.392. The lowest BCUT2D eigenvalue weighted by Crippen LogP contribution is -2.15. The number of aromatic nitrogens is 1. The average Bonchev–Trinajstić information content (AvgIpc) is 3.49. The van der Waals surface area contributed by atoms with Crippen molar-refractivity contribution >= 4 is 66.8 Å². The highest BCUT2D eigenvalue weighted by atomic mass is 32.2. The van der Waals surface area contributed by atoms with E-state index in [2.05, 4.69) is 20.3 Å². The molecule has 0 saturated carbocycles. The summed E-state index contributed by atoms with van der Waals surface area (Å²) in [5.74, 6) is -2.14. The molecular formula is C29H20N6O9S2. The molecule has 4 N–H and O–H groups in total. The van der Waals surface area contributed by atoms with Crippen LogP contribution in [-0.4, -0.2) is 40.2 Å². The second-order valence-corrected chi connectivity index (χ2v) is 11.9. The molecular weight excluding hydrogens is 640 g/mol. The minimum Gasteiger partial charge on any atom is -0.478 e. The Bertz CT molecular complexity index is 2050. The van der Waals surface area contributed by atoms with Gasteiger partial charge in [-0.2, -0.15) is 0 Å². The summed E-state index contributed by atoms with van der Waals surface area (Å²) in [5.41, 5.74) is -0.925. The van der Waals surface area contributed by atoms with Gasteiger partial charge >= 0.3 is 17.3 Å². The number of nitro benzene ring substituents is 2. The van der Waals surface area contributed by atoms with Gasteiger partial charge in [0, 0.05) is 34.5 Å². The van der Waals surface area contributed by atoms with Gasteiger partial charge in [-0.3, -0.25) is 29.7 Å². The lowest BCUT2D eigenvalue weighted by atomic mass is 10.1. The molecule has 5 rings (SSSR count). The SMILES string of the molecule is O=C(O)c1ccc(Nc2c([N+](=O)[O-])cc(C(=O)Nc3ccc(S(=O)(=O)Nc4nc(-c5ccccc5)cs4)cc3)cc2[N+](=O)[O-])cc1. The van der Waals surface area contributed by atoms with E-state index >= 15 is 0 Å². The summed E-state index contributed by atoms with van der Waals surface area (Å²) in [6.45, 7) is 0. The summed E-state index contributed by atoms with van der Waals surface area (Å²) in [7, 11) is -4.05. The number of carboxylic acids is 1. The summed E-state index contributed by atoms with van der Waals surface area (Å²) in [6.07, 6.45) is 0. The fraction of sp³-hybridized carbons (Fsp3) is 0. The maximum absolute atomic E-state index is 13.0. The van der Waals surface area contributed by atoms with Crippen LogP contribution in [-0.2, 0) is 10.0 Å². The van der Waals surface area contributed by atoms with Crippen molar-refractivity contribution in [1.82, 2.24) is 4.98 Å². The number of thiazole rings is 1. The molecule has 0 aliphatic heterocycles. The van der Waals surface area contributed by atoms with Crippen LogP contribution in [0, 0.1) is 20.2 Å². The predicted molar refractivity (Wildman–Crippen MR) is 169 cm³/mol. The van der Waals surface area contributed by atoms with Crippen molar-refractivity contribution in [3.8, 4) is 11.3 Å². The monoisotopic (exact) mass is 660 g/mol. The Kier molecular flexibility index (Phi) is 8.69. The molecule has 46 heavy (non-hydrogen) atoms. The Morgan fingerprint density at radius 3 is 1.96 bits per heavy atom. The van der Waals surface area contributed by atoms with Crippen molar-refractivity contribution in [3.63, 3.8) is 0 Å². The Balaban J connectivity index is 1.34. The molecule has 1 heterocycles. The van der Waals surface area contributed by atoms with Crippen LogP contribution in [0.5, 0.6) is 0 Å². The van der Waals surface area contributed by atoms with Crippen LogP contribution >= 0.6 is 11.3 Å². The number of carboxylic acid groups (broad SMARTS) is 1. The first-order valence-electron chi connectivity index (χ1n) is 12.9. The van der Waals surface area contributed by atoms with Crippen molar-refractivity contribution < 1.29 is 33.0 Å². The van der Waals surface area contributed by atoms with Gasteiger partial charge < -0.3 is 15.7 Å². The number of hydrogen-bond acceptors (Lipinski definition) is 11. The van der Waals surface area contributed by atoms with Crippen LogP contribution in [0.4, 0.5) is 33.6 Å². The van der Waals surface area contributed by atoms with Gasteiger partial charge in [0.1, 0.15) is 0 Å². The molecule has 0 fully saturated rings. The van der Waals surface area contributed by atoms with Crippen LogP contribution in [0.15, 0.2) is 101 Å². The number of carbonyl (C=O) groups excluding carboxylic acids is 1. The summed E-state index contributed by atoms with van der Waals surface area (Å²) in [5, 5.41) is 39.6. The maximum Gasteiger partial charge on any atom is 0.335 e. The molecule has 232 valence electrons. The van der Waals surface area contributed by atoms with Gasteiger partial charge in [-0.25, -0.2) is 18.2 Å². The summed E-state index contributed by atoms with van der Waals surface area (Å²) < 4.78 is 28.3. The molecule has 0 unspecified atom stereocenters. The van der Waals surface area contributed by atoms with Crippen LogP contribution in [0.25, 0.3) is 11.3 Å². The molecule has 1 amide bonds. The predicted octanol–water partition coefficient (Wildman–Crippen LogP) is 6.12. The molecule has 5 aromatic rings. The molecule has 0 saturated heterocycles. The van der Waals surface area contributed by atoms with Gasteiger partial charge in [-0.05, 0) is 48.5 Å². The second-order valence-electron chi connectivity index (χ2n) is 9.40. The van der Waals surface area contributed by atoms with Crippen molar-refractivity contribution in [1.29, 1.82) is 0 Å². The van der Waals surface area contributed by atoms with Gasteiger partial charge in [0.05, 0.1) is 31.6 Å². The number of benzene rings is 4. The zero-order valence-electron chi connectivity index (χ0n) is 23.1. The maximum atomic E-state index is 13.0. The highest BCUT2D eigenvalue weighted by Crippen LogP contribution is 2.38. The quantitative estimate of drug-likeness (QED) is 0.0932. The minimum absolute atomic E-state index is 0.0691. The standard InChI is InChI=1S/C29H20N6O9S2/c36-27(19-14-24(34(39)40)26(25(15-19)35(41)42)30-20-8-6-18(7-9-20)28(37)38)31-21-10-12-22(13-11-21)46(43,44)33-29-32-23(16-45-29)17-4-2-1-3-5-17/h1-16,30H,(H,31,36)(H,32,33)(H,37,38). The number of amides is 1. The molecule has 0 aliphatic carbocycles. The molecule has 0 radical (unpaired) electrons. The third-order valence-corrected chi connectivity index (χ3v) is 8.61. The van der Waals surface area contributed by atoms with E-state index in [9.17, 15) is 38.2 Å². The van der Waals surface area contributed by atoms with E-state index < -0.39 is 54.4 Å². The molecule has 0 atom stereocenters. The van der Waals surface area contributed by atoms with E-state index in [1.54, 1.807) is 5.38 Å². The first-order chi connectivity index (χ1) is 21.9. The molecule has 17 heteroatoms. The highest BCUT2D eigenvalue weighted by Gasteiger charge is 2.29. The van der Waals surface area contributed by atoms with E-state index in [0.29, 0.717) is 5.69 Å². The number of anilines is 4. The number of carbonyl (C=O) groups is 2. The number of sulfonamides is 1. The minimum atomic E-state index is -4.05. The Labute approximate surface area is 263 Å². The third-order valence-electron chi connectivity index (χ3n) is 6.37. The van der Waals surface area contributed by atoms with Gasteiger partial charge in [-0.1, -0.05) is 30.3 Å². The smallest absolute Gasteiger partial charge is 0.335 e. The van der Waals surface area contributed by atoms with E-state index in [1.807, 2.05) is 30.3 Å². The van der Waals surface area contributed by atoms with E-state index in [1.165, 1.54) is 48.5 Å². The molecule has 0 bridgehead atoms. The topological polar surface area (TPSA) is 224 Å². The lowest BCUT2D eigenvalue weighted by Gasteiger charge is -2.11. The number of rotatable bonds is 11. The van der Waals surface area contributed by atoms with E-state index in [4.69, 9.17) is 5.11 Å². The van der Waals surface area contributed by atoms with Gasteiger partial charge in [0.2, 0.25) is 0 Å². The van der Waals surface area contributed by atoms with Crippen molar-refractivity contribution in [3.05, 3.63) is 128 Å². The summed E-state index contributed by atoms with van der Waals surface area (Å²) in [4.78, 5) is 50.2. The Hall–Kier alpha value is -6.20. The van der Waals surface area contributed by atoms with E-state index in [-0.39, 0.29) is 27.0 Å². The van der Waals surface area contributed by atoms with Crippen LogP contribution in [0.2, 0.25) is 0 Å². The van der Waals surface area contributed by atoms with Crippen molar-refractivity contribution in [2.45, 2.75) is 4.90 Å². The number of nitro groups is 2. The van der Waals surface area contributed by atoms with Crippen molar-refractivity contribution in [2.24, 2.45) is 0 Å². The van der Waals surface area contributed by atoms with Gasteiger partial charge in [0.25, 0.3) is 15.9 Å². The first-order valence-corrected chi connectivity index (χ1v) is 15.3. The van der Waals surface area contributed by atoms with Crippen molar-refractivity contribution in [2.75, 3.05) is 15.4 Å². The largest absolute Gasteiger partial charge is 0.478 e. The van der Waals surface area contributed by atoms with Crippen LogP contribution in [0.1, 0.15) is 20.7 Å². The number of aromatic carboxylic acids is 1. The molecule has 0 aliphatic rings. The zero-order chi connectivity index (χ0) is 33.0. The second kappa shape index (κ2) is 12.8. The van der Waals surface area contributed by atoms with Crippen LogP contribution < -0.4 is 15.4 Å². The average molecular weight is 661 g/mol. The Morgan fingerprint density at radius 1 is 0.804 bits per heavy atom. The first kappa shape index (κ1) is 31.2. The van der Waals surface area contributed by atoms with Crippen LogP contribution in [0.3, 0.4) is 0 Å². The normalized spacial score (nSPS) is 11.0. The fourth-order valence-corrected chi connectivity index (χ4v) is 6.13. The number of hydrogen-bond donors (Lipinski definition) is 4. The molecule has 4 aromatic carbocycles. The summed E-state index contributed by atoms with van der Waals surface area (Å²) in [6, 6.07) is 20.8. The molecule has 0 spiro atoms. The molecule has 15 nitrogen and oxygen atoms in total. The highest BCUT2D eigenvalue weighted by molar-refractivity contribution is 7.93. The van der Waals surface area contributed by atoms with Gasteiger partial charge in [0.15, 0.2) is 10.8 Å². The summed E-state index contributed by atoms with van der Waals surface area (Å²) >= 11 is 1.10. The van der Waals surface area contributed by atoms with E-state index in [0.717, 1.165) is 29.0 Å². The third kappa shape index (κ3) is 6.95. The molecule has 1 aromatic heterocycles. The van der Waals surface area contributed by atoms with Gasteiger partial charge in [-0.15, -0.1) is 11.3 Å². The number of nitrogens with one attached hydrogen (secondary N) is 3. The number of nitrogens with zero attached hydrogens (tertiary/aromatic N) is 3. The zero-order valence-corrected chi connectivity index (χ0v) is 24.7.